The Labute approximate surface area is 175 Å². The van der Waals surface area contributed by atoms with Crippen molar-refractivity contribution < 1.29 is 18.7 Å². The van der Waals surface area contributed by atoms with Crippen molar-refractivity contribution in [2.24, 2.45) is 0 Å². The van der Waals surface area contributed by atoms with Crippen LogP contribution in [-0.4, -0.2) is 18.9 Å². The van der Waals surface area contributed by atoms with E-state index in [1.165, 1.54) is 25.0 Å². The van der Waals surface area contributed by atoms with Crippen LogP contribution in [0, 0.1) is 0 Å². The highest BCUT2D eigenvalue weighted by Crippen LogP contribution is 2.28. The number of carbonyl (C=O) groups is 2. The number of amides is 2. The van der Waals surface area contributed by atoms with Gasteiger partial charge >= 0.3 is 0 Å². The van der Waals surface area contributed by atoms with Crippen LogP contribution in [0.25, 0.3) is 6.08 Å². The fourth-order valence-electron chi connectivity index (χ4n) is 2.81. The molecule has 0 aliphatic rings. The van der Waals surface area contributed by atoms with Gasteiger partial charge in [0.05, 0.1) is 19.1 Å². The Morgan fingerprint density at radius 3 is 2.43 bits per heavy atom. The number of furan rings is 1. The molecular weight excluding hydrogens is 380 g/mol. The van der Waals surface area contributed by atoms with Gasteiger partial charge in [0, 0.05) is 17.8 Å². The maximum atomic E-state index is 12.3. The minimum absolute atomic E-state index is 0.195. The number of ether oxygens (including phenoxy) is 1. The van der Waals surface area contributed by atoms with Crippen LogP contribution >= 0.6 is 0 Å². The Bertz CT molecular complexity index is 1040. The molecule has 0 aliphatic heterocycles. The lowest BCUT2D eigenvalue weighted by molar-refractivity contribution is -0.111. The van der Waals surface area contributed by atoms with Crippen molar-refractivity contribution in [1.29, 1.82) is 0 Å². The first kappa shape index (κ1) is 20.9. The molecule has 2 N–H and O–H groups in total. The monoisotopic (exact) mass is 404 g/mol. The molecule has 0 unspecified atom stereocenters. The van der Waals surface area contributed by atoms with E-state index in [2.05, 4.69) is 36.6 Å². The summed E-state index contributed by atoms with van der Waals surface area (Å²) in [6.45, 7) is 4.28. The molecule has 0 fully saturated rings. The zero-order valence-electron chi connectivity index (χ0n) is 17.1. The van der Waals surface area contributed by atoms with Crippen LogP contribution in [0.5, 0.6) is 5.75 Å². The first-order chi connectivity index (χ1) is 14.5. The van der Waals surface area contributed by atoms with Crippen molar-refractivity contribution in [2.45, 2.75) is 19.8 Å². The molecule has 0 atom stereocenters. The number of methoxy groups -OCH3 is 1. The summed E-state index contributed by atoms with van der Waals surface area (Å²) in [6.07, 6.45) is 4.66. The molecule has 2 aromatic carbocycles. The predicted molar refractivity (Wildman–Crippen MR) is 118 cm³/mol. The van der Waals surface area contributed by atoms with Crippen molar-refractivity contribution in [2.75, 3.05) is 17.7 Å². The molecule has 6 nitrogen and oxygen atoms in total. The van der Waals surface area contributed by atoms with E-state index in [1.807, 2.05) is 12.1 Å². The van der Waals surface area contributed by atoms with Crippen LogP contribution in [0.4, 0.5) is 11.4 Å². The van der Waals surface area contributed by atoms with Gasteiger partial charge in [0.15, 0.2) is 5.76 Å². The smallest absolute Gasteiger partial charge is 0.291 e. The van der Waals surface area contributed by atoms with Gasteiger partial charge in [-0.3, -0.25) is 9.59 Å². The molecule has 1 aromatic heterocycles. The van der Waals surface area contributed by atoms with E-state index in [9.17, 15) is 9.59 Å². The number of benzene rings is 2. The fourth-order valence-corrected chi connectivity index (χ4v) is 2.81. The number of hydrogen-bond donors (Lipinski definition) is 2. The highest BCUT2D eigenvalue weighted by Gasteiger charge is 2.13. The molecule has 3 aromatic rings. The molecule has 30 heavy (non-hydrogen) atoms. The topological polar surface area (TPSA) is 80.6 Å². The third-order valence-corrected chi connectivity index (χ3v) is 4.49. The van der Waals surface area contributed by atoms with E-state index in [4.69, 9.17) is 9.15 Å². The Hall–Kier alpha value is -3.80. The van der Waals surface area contributed by atoms with E-state index in [0.717, 1.165) is 5.56 Å². The summed E-state index contributed by atoms with van der Waals surface area (Å²) in [6, 6.07) is 16.3. The van der Waals surface area contributed by atoms with Gasteiger partial charge in [-0.05, 0) is 47.4 Å². The third-order valence-electron chi connectivity index (χ3n) is 4.49. The summed E-state index contributed by atoms with van der Waals surface area (Å²) in [5, 5.41) is 5.51. The molecule has 154 valence electrons. The Morgan fingerprint density at radius 2 is 1.80 bits per heavy atom. The molecule has 2 amide bonds. The Balaban J connectivity index is 1.64. The van der Waals surface area contributed by atoms with Gasteiger partial charge in [-0.2, -0.15) is 0 Å². The molecule has 3 rings (SSSR count). The summed E-state index contributed by atoms with van der Waals surface area (Å²) < 4.78 is 10.4. The maximum absolute atomic E-state index is 12.3. The molecule has 0 bridgehead atoms. The third kappa shape index (κ3) is 5.38. The lowest BCUT2D eigenvalue weighted by Crippen LogP contribution is -2.12. The van der Waals surface area contributed by atoms with Gasteiger partial charge in [-0.1, -0.05) is 38.1 Å². The number of hydrogen-bond acceptors (Lipinski definition) is 4. The first-order valence-corrected chi connectivity index (χ1v) is 9.58. The van der Waals surface area contributed by atoms with Crippen LogP contribution in [-0.2, 0) is 4.79 Å². The van der Waals surface area contributed by atoms with Crippen LogP contribution in [0.1, 0.15) is 41.4 Å². The first-order valence-electron chi connectivity index (χ1n) is 9.58. The van der Waals surface area contributed by atoms with Gasteiger partial charge in [-0.25, -0.2) is 0 Å². The number of carbonyl (C=O) groups excluding carboxylic acids is 2. The zero-order valence-corrected chi connectivity index (χ0v) is 17.1. The average Bonchev–Trinajstić information content (AvgIpc) is 3.28. The van der Waals surface area contributed by atoms with Crippen molar-refractivity contribution in [3.63, 3.8) is 0 Å². The average molecular weight is 404 g/mol. The van der Waals surface area contributed by atoms with E-state index in [0.29, 0.717) is 23.0 Å². The second-order valence-corrected chi connectivity index (χ2v) is 6.99. The predicted octanol–water partition coefficient (Wildman–Crippen LogP) is 5.32. The Kier molecular flexibility index (Phi) is 6.70. The molecule has 0 radical (unpaired) electrons. The molecule has 0 saturated heterocycles. The lowest BCUT2D eigenvalue weighted by Gasteiger charge is -2.11. The minimum Gasteiger partial charge on any atom is -0.494 e. The zero-order chi connectivity index (χ0) is 21.5. The number of nitrogens with one attached hydrogen (secondary N) is 2. The summed E-state index contributed by atoms with van der Waals surface area (Å²) in [7, 11) is 1.49. The lowest BCUT2D eigenvalue weighted by atomic mass is 10.0. The van der Waals surface area contributed by atoms with E-state index >= 15 is 0 Å². The van der Waals surface area contributed by atoms with Gasteiger partial charge < -0.3 is 19.8 Å². The molecular formula is C24H24N2O4. The van der Waals surface area contributed by atoms with Gasteiger partial charge in [0.2, 0.25) is 5.91 Å². The normalized spacial score (nSPS) is 10.9. The molecule has 0 spiro atoms. The maximum Gasteiger partial charge on any atom is 0.291 e. The quantitative estimate of drug-likeness (QED) is 0.523. The molecule has 0 aliphatic carbocycles. The highest BCUT2D eigenvalue weighted by atomic mass is 16.5. The summed E-state index contributed by atoms with van der Waals surface area (Å²) in [4.78, 5) is 24.4. The number of anilines is 2. The van der Waals surface area contributed by atoms with Gasteiger partial charge in [0.25, 0.3) is 5.91 Å². The van der Waals surface area contributed by atoms with Gasteiger partial charge in [0.1, 0.15) is 5.75 Å². The SMILES string of the molecule is COc1cc(NC(=O)C=Cc2ccc(C(C)C)cc2)ccc1NC(=O)c1ccco1. The second-order valence-electron chi connectivity index (χ2n) is 6.99. The van der Waals surface area contributed by atoms with Crippen LogP contribution in [0.2, 0.25) is 0 Å². The van der Waals surface area contributed by atoms with Crippen molar-refractivity contribution in [3.8, 4) is 5.75 Å². The van der Waals surface area contributed by atoms with Crippen LogP contribution in [0.15, 0.2) is 71.4 Å². The number of rotatable bonds is 7. The largest absolute Gasteiger partial charge is 0.494 e. The van der Waals surface area contributed by atoms with Crippen LogP contribution in [0.3, 0.4) is 0 Å². The fraction of sp³-hybridized carbons (Fsp3) is 0.167. The molecule has 1 heterocycles. The summed E-state index contributed by atoms with van der Waals surface area (Å²) in [5.41, 5.74) is 3.22. The standard InChI is InChI=1S/C24H24N2O4/c1-16(2)18-9-6-17(7-10-18)8-13-23(27)25-19-11-12-20(22(15-19)29-3)26-24(28)21-5-4-14-30-21/h4-16H,1-3H3,(H,25,27)(H,26,28). The summed E-state index contributed by atoms with van der Waals surface area (Å²) in [5.74, 6) is 0.425. The molecule has 0 saturated carbocycles. The van der Waals surface area contributed by atoms with Crippen molar-refractivity contribution in [3.05, 3.63) is 83.8 Å². The highest BCUT2D eigenvalue weighted by molar-refractivity contribution is 6.04. The van der Waals surface area contributed by atoms with Crippen molar-refractivity contribution in [1.82, 2.24) is 0 Å². The molecule has 6 heteroatoms. The van der Waals surface area contributed by atoms with Crippen molar-refractivity contribution >= 4 is 29.3 Å². The van der Waals surface area contributed by atoms with Crippen LogP contribution < -0.4 is 15.4 Å². The summed E-state index contributed by atoms with van der Waals surface area (Å²) >= 11 is 0. The van der Waals surface area contributed by atoms with E-state index in [-0.39, 0.29) is 17.6 Å². The van der Waals surface area contributed by atoms with Gasteiger partial charge in [-0.15, -0.1) is 0 Å². The van der Waals surface area contributed by atoms with E-state index in [1.54, 1.807) is 36.4 Å². The Morgan fingerprint density at radius 1 is 1.03 bits per heavy atom. The second kappa shape index (κ2) is 9.60. The van der Waals surface area contributed by atoms with E-state index < -0.39 is 0 Å². The minimum atomic E-state index is -0.387.